The molecule has 0 aliphatic carbocycles. The van der Waals surface area contributed by atoms with Crippen LogP contribution in [0.3, 0.4) is 0 Å². The predicted molar refractivity (Wildman–Crippen MR) is 134 cm³/mol. The summed E-state index contributed by atoms with van der Waals surface area (Å²) in [5.41, 5.74) is 2.04. The summed E-state index contributed by atoms with van der Waals surface area (Å²) in [6.07, 6.45) is 3.74. The lowest BCUT2D eigenvalue weighted by Gasteiger charge is -2.38. The number of thiazole rings is 1. The van der Waals surface area contributed by atoms with Gasteiger partial charge in [-0.25, -0.2) is 15.0 Å². The Bertz CT molecular complexity index is 869. The fourth-order valence-electron chi connectivity index (χ4n) is 3.25. The lowest BCUT2D eigenvalue weighted by atomic mass is 10.2. The molecule has 3 aromatic heterocycles. The summed E-state index contributed by atoms with van der Waals surface area (Å²) in [6, 6.07) is 10.7. The summed E-state index contributed by atoms with van der Waals surface area (Å²) in [6.45, 7) is 8.81. The van der Waals surface area contributed by atoms with Gasteiger partial charge in [-0.05, 0) is 38.1 Å². The third-order valence-electron chi connectivity index (χ3n) is 4.81. The Labute approximate surface area is 200 Å². The Hall–Kier alpha value is -1.64. The lowest BCUT2D eigenvalue weighted by molar-refractivity contribution is 0.209. The van der Waals surface area contributed by atoms with Crippen molar-refractivity contribution in [3.63, 3.8) is 0 Å². The quantitative estimate of drug-likeness (QED) is 0.535. The molecule has 0 unspecified atom stereocenters. The van der Waals surface area contributed by atoms with E-state index in [2.05, 4.69) is 50.0 Å². The van der Waals surface area contributed by atoms with Crippen molar-refractivity contribution < 1.29 is 0 Å². The molecule has 1 saturated heterocycles. The van der Waals surface area contributed by atoms with Crippen molar-refractivity contribution >= 4 is 65.9 Å². The predicted octanol–water partition coefficient (Wildman–Crippen LogP) is 5.14. The van der Waals surface area contributed by atoms with Gasteiger partial charge in [0.2, 0.25) is 0 Å². The lowest BCUT2D eigenvalue weighted by Crippen LogP contribution is -2.48. The van der Waals surface area contributed by atoms with Crippen LogP contribution < -0.4 is 10.2 Å². The molecule has 0 radical (unpaired) electrons. The van der Waals surface area contributed by atoms with Crippen molar-refractivity contribution in [2.24, 2.45) is 0 Å². The Morgan fingerprint density at radius 3 is 2.30 bits per heavy atom. The maximum Gasteiger partial charge on any atom is 0.141 e. The van der Waals surface area contributed by atoms with Crippen LogP contribution in [-0.2, 0) is 0 Å². The van der Waals surface area contributed by atoms with Crippen LogP contribution in [0.4, 0.5) is 17.3 Å². The van der Waals surface area contributed by atoms with E-state index in [0.717, 1.165) is 48.5 Å². The molecule has 1 N–H and O–H groups in total. The molecule has 0 saturated carbocycles. The van der Waals surface area contributed by atoms with Crippen molar-refractivity contribution in [1.82, 2.24) is 19.9 Å². The minimum Gasteiger partial charge on any atom is -0.368 e. The van der Waals surface area contributed by atoms with Gasteiger partial charge in [0.15, 0.2) is 0 Å². The smallest absolute Gasteiger partial charge is 0.141 e. The van der Waals surface area contributed by atoms with Gasteiger partial charge in [0.1, 0.15) is 22.3 Å². The van der Waals surface area contributed by atoms with Crippen LogP contribution in [0, 0.1) is 0 Å². The maximum atomic E-state index is 4.63. The zero-order chi connectivity index (χ0) is 18.6. The zero-order valence-electron chi connectivity index (χ0n) is 16.9. The first kappa shape index (κ1) is 26.4. The third kappa shape index (κ3) is 6.43. The van der Waals surface area contributed by atoms with Crippen molar-refractivity contribution in [2.45, 2.75) is 19.9 Å². The Morgan fingerprint density at radius 1 is 0.933 bits per heavy atom. The summed E-state index contributed by atoms with van der Waals surface area (Å²) >= 11 is 1.58. The number of anilines is 3. The molecule has 6 nitrogen and oxygen atoms in total. The van der Waals surface area contributed by atoms with Gasteiger partial charge in [-0.1, -0.05) is 6.07 Å². The van der Waals surface area contributed by atoms with Gasteiger partial charge in [0.05, 0.1) is 11.9 Å². The Kier molecular flexibility index (Phi) is 10.8. The van der Waals surface area contributed by atoms with E-state index in [0.29, 0.717) is 6.04 Å². The fraction of sp³-hybridized carbons (Fsp3) is 0.350. The first-order valence-corrected chi connectivity index (χ1v) is 10.2. The van der Waals surface area contributed by atoms with Gasteiger partial charge in [0.25, 0.3) is 0 Å². The number of nitrogens with zero attached hydrogens (tertiary/aromatic N) is 5. The molecular formula is C20H27Cl3N6S. The van der Waals surface area contributed by atoms with E-state index in [1.54, 1.807) is 17.5 Å². The number of hydrogen-bond donors (Lipinski definition) is 1. The van der Waals surface area contributed by atoms with Crippen LogP contribution in [0.15, 0.2) is 48.1 Å². The minimum absolute atomic E-state index is 0. The normalized spacial score (nSPS) is 13.8. The highest BCUT2D eigenvalue weighted by atomic mass is 35.5. The molecule has 1 aliphatic heterocycles. The molecule has 4 rings (SSSR count). The van der Waals surface area contributed by atoms with E-state index in [-0.39, 0.29) is 37.2 Å². The number of aromatic nitrogens is 3. The summed E-state index contributed by atoms with van der Waals surface area (Å²) < 4.78 is 0. The molecule has 0 aromatic carbocycles. The molecule has 10 heteroatoms. The van der Waals surface area contributed by atoms with Crippen molar-refractivity contribution in [2.75, 3.05) is 36.4 Å². The van der Waals surface area contributed by atoms with E-state index < -0.39 is 0 Å². The van der Waals surface area contributed by atoms with Crippen LogP contribution in [0.25, 0.3) is 10.7 Å². The van der Waals surface area contributed by atoms with Gasteiger partial charge >= 0.3 is 0 Å². The average molecular weight is 490 g/mol. The largest absolute Gasteiger partial charge is 0.368 e. The Morgan fingerprint density at radius 2 is 1.70 bits per heavy atom. The molecular weight excluding hydrogens is 463 g/mol. The molecule has 0 amide bonds. The number of pyridine rings is 2. The number of rotatable bonds is 5. The highest BCUT2D eigenvalue weighted by Crippen LogP contribution is 2.23. The van der Waals surface area contributed by atoms with Crippen molar-refractivity contribution in [3.8, 4) is 10.7 Å². The summed E-state index contributed by atoms with van der Waals surface area (Å²) in [5.74, 6) is 1.57. The summed E-state index contributed by atoms with van der Waals surface area (Å²) in [4.78, 5) is 18.4. The van der Waals surface area contributed by atoms with Crippen LogP contribution in [0.1, 0.15) is 13.8 Å². The van der Waals surface area contributed by atoms with Gasteiger partial charge < -0.3 is 10.2 Å². The number of halogens is 3. The molecule has 1 fully saturated rings. The van der Waals surface area contributed by atoms with Crippen LogP contribution >= 0.6 is 48.6 Å². The molecule has 3 aromatic rings. The first-order valence-electron chi connectivity index (χ1n) is 9.28. The van der Waals surface area contributed by atoms with E-state index in [1.165, 1.54) is 5.69 Å². The summed E-state index contributed by atoms with van der Waals surface area (Å²) in [5, 5.41) is 6.16. The molecule has 30 heavy (non-hydrogen) atoms. The topological polar surface area (TPSA) is 57.2 Å². The van der Waals surface area contributed by atoms with Gasteiger partial charge in [-0.15, -0.1) is 48.6 Å². The fourth-order valence-corrected chi connectivity index (χ4v) is 3.85. The second-order valence-electron chi connectivity index (χ2n) is 6.89. The van der Waals surface area contributed by atoms with Gasteiger partial charge in [0, 0.05) is 43.8 Å². The van der Waals surface area contributed by atoms with E-state index in [9.17, 15) is 0 Å². The molecule has 1 aliphatic rings. The first-order chi connectivity index (χ1) is 13.2. The highest BCUT2D eigenvalue weighted by molar-refractivity contribution is 7.13. The number of nitrogens with one attached hydrogen (secondary N) is 1. The summed E-state index contributed by atoms with van der Waals surface area (Å²) in [7, 11) is 0. The SMILES string of the molecule is CC(C)N1CCN(c2ccc(Nc3cccc(-c4nccs4)n3)nc2)CC1.Cl.Cl.Cl. The van der Waals surface area contributed by atoms with Crippen LogP contribution in [-0.4, -0.2) is 52.1 Å². The van der Waals surface area contributed by atoms with Crippen LogP contribution in [0.2, 0.25) is 0 Å². The minimum atomic E-state index is 0. The van der Waals surface area contributed by atoms with E-state index in [4.69, 9.17) is 0 Å². The van der Waals surface area contributed by atoms with Gasteiger partial charge in [-0.3, -0.25) is 4.90 Å². The standard InChI is InChI=1S/C20H24N6S.3ClH/c1-15(2)25-9-11-26(12-10-25)16-6-7-18(22-14-16)24-19-5-3-4-17(23-19)20-21-8-13-27-20;;;/h3-8,13-15H,9-12H2,1-2H3,(H,22,23,24);3*1H. The molecule has 0 atom stereocenters. The zero-order valence-corrected chi connectivity index (χ0v) is 20.2. The average Bonchev–Trinajstić information content (AvgIpc) is 3.24. The second kappa shape index (κ2) is 12.3. The van der Waals surface area contributed by atoms with Crippen molar-refractivity contribution in [1.29, 1.82) is 0 Å². The van der Waals surface area contributed by atoms with Crippen LogP contribution in [0.5, 0.6) is 0 Å². The van der Waals surface area contributed by atoms with Gasteiger partial charge in [-0.2, -0.15) is 0 Å². The monoisotopic (exact) mass is 488 g/mol. The molecule has 0 spiro atoms. The molecule has 164 valence electrons. The molecule has 0 bridgehead atoms. The number of piperazine rings is 1. The number of hydrogen-bond acceptors (Lipinski definition) is 7. The maximum absolute atomic E-state index is 4.63. The third-order valence-corrected chi connectivity index (χ3v) is 5.61. The highest BCUT2D eigenvalue weighted by Gasteiger charge is 2.19. The van der Waals surface area contributed by atoms with Crippen molar-refractivity contribution in [3.05, 3.63) is 48.1 Å². The molecule has 4 heterocycles. The van der Waals surface area contributed by atoms with E-state index >= 15 is 0 Å². The second-order valence-corrected chi connectivity index (χ2v) is 7.78. The Balaban J connectivity index is 0.00000150. The van der Waals surface area contributed by atoms with E-state index in [1.807, 2.05) is 35.8 Å².